The van der Waals surface area contributed by atoms with Gasteiger partial charge in [-0.2, -0.15) is 5.26 Å². The van der Waals surface area contributed by atoms with Crippen LogP contribution in [-0.2, 0) is 9.53 Å². The van der Waals surface area contributed by atoms with Gasteiger partial charge in [0.05, 0.1) is 13.2 Å². The predicted molar refractivity (Wildman–Crippen MR) is 87.4 cm³/mol. The number of hydrogen-bond donors (Lipinski definition) is 1. The van der Waals surface area contributed by atoms with Crippen molar-refractivity contribution in [3.05, 3.63) is 29.8 Å². The first kappa shape index (κ1) is 17.8. The summed E-state index contributed by atoms with van der Waals surface area (Å²) in [5, 5.41) is 12.3. The molecule has 0 spiro atoms. The van der Waals surface area contributed by atoms with E-state index >= 15 is 0 Å². The molecule has 0 aromatic heterocycles. The number of nitriles is 1. The Kier molecular flexibility index (Phi) is 5.80. The third-order valence-corrected chi connectivity index (χ3v) is 4.25. The van der Waals surface area contributed by atoms with Crippen molar-refractivity contribution in [1.82, 2.24) is 5.32 Å². The number of para-hydroxylation sites is 1. The number of amides is 1. The molecule has 1 unspecified atom stereocenters. The van der Waals surface area contributed by atoms with Crippen LogP contribution < -0.4 is 10.1 Å². The van der Waals surface area contributed by atoms with E-state index in [9.17, 15) is 14.9 Å². The maximum absolute atomic E-state index is 12.4. The largest absolute Gasteiger partial charge is 0.480 e. The van der Waals surface area contributed by atoms with Crippen LogP contribution in [0.4, 0.5) is 0 Å². The number of hydrogen-bond acceptors (Lipinski definition) is 5. The van der Waals surface area contributed by atoms with E-state index in [-0.39, 0.29) is 17.2 Å². The lowest BCUT2D eigenvalue weighted by molar-refractivity contribution is -0.129. The molecule has 1 fully saturated rings. The number of nitrogens with zero attached hydrogens (tertiary/aromatic N) is 1. The van der Waals surface area contributed by atoms with Crippen molar-refractivity contribution in [2.75, 3.05) is 7.11 Å². The summed E-state index contributed by atoms with van der Waals surface area (Å²) in [5.41, 5.74) is -0.554. The second-order valence-electron chi connectivity index (χ2n) is 5.99. The van der Waals surface area contributed by atoms with E-state index < -0.39 is 17.6 Å². The van der Waals surface area contributed by atoms with Gasteiger partial charge in [-0.15, -0.1) is 0 Å². The SMILES string of the molecule is COC(=O)c1ccccc1OC(C)C(=O)NC1(C#N)CCCCC1. The van der Waals surface area contributed by atoms with Crippen LogP contribution in [0.1, 0.15) is 49.4 Å². The number of rotatable bonds is 5. The summed E-state index contributed by atoms with van der Waals surface area (Å²) >= 11 is 0. The van der Waals surface area contributed by atoms with E-state index in [1.165, 1.54) is 7.11 Å². The second kappa shape index (κ2) is 7.82. The van der Waals surface area contributed by atoms with Gasteiger partial charge < -0.3 is 14.8 Å². The van der Waals surface area contributed by atoms with Gasteiger partial charge in [-0.25, -0.2) is 4.79 Å². The van der Waals surface area contributed by atoms with Crippen LogP contribution in [0.25, 0.3) is 0 Å². The van der Waals surface area contributed by atoms with E-state index in [0.29, 0.717) is 12.8 Å². The molecule has 1 aliphatic rings. The van der Waals surface area contributed by atoms with Crippen LogP contribution >= 0.6 is 0 Å². The number of carbonyl (C=O) groups is 2. The maximum atomic E-state index is 12.4. The second-order valence-corrected chi connectivity index (χ2v) is 5.99. The number of ether oxygens (including phenoxy) is 2. The summed E-state index contributed by atoms with van der Waals surface area (Å²) in [6.07, 6.45) is 3.41. The van der Waals surface area contributed by atoms with Gasteiger partial charge in [0, 0.05) is 0 Å². The molecule has 2 rings (SSSR count). The normalized spacial score (nSPS) is 17.2. The van der Waals surface area contributed by atoms with E-state index in [1.807, 2.05) is 0 Å². The number of carbonyl (C=O) groups excluding carboxylic acids is 2. The first-order chi connectivity index (χ1) is 11.5. The van der Waals surface area contributed by atoms with Crippen LogP contribution in [0.2, 0.25) is 0 Å². The zero-order chi connectivity index (χ0) is 17.6. The Morgan fingerprint density at radius 2 is 1.92 bits per heavy atom. The van der Waals surface area contributed by atoms with Crippen molar-refractivity contribution in [2.24, 2.45) is 0 Å². The molecule has 1 aromatic rings. The number of esters is 1. The minimum Gasteiger partial charge on any atom is -0.480 e. The van der Waals surface area contributed by atoms with Crippen LogP contribution in [0.3, 0.4) is 0 Å². The number of nitrogens with one attached hydrogen (secondary N) is 1. The maximum Gasteiger partial charge on any atom is 0.341 e. The lowest BCUT2D eigenvalue weighted by Crippen LogP contribution is -2.52. The number of benzene rings is 1. The third kappa shape index (κ3) is 4.05. The molecule has 24 heavy (non-hydrogen) atoms. The van der Waals surface area contributed by atoms with Crippen LogP contribution in [0.5, 0.6) is 5.75 Å². The molecule has 1 atom stereocenters. The van der Waals surface area contributed by atoms with Gasteiger partial charge >= 0.3 is 5.97 Å². The third-order valence-electron chi connectivity index (χ3n) is 4.25. The standard InChI is InChI=1S/C18H22N2O4/c1-13(16(21)20-18(12-19)10-6-3-7-11-18)24-15-9-5-4-8-14(15)17(22)23-2/h4-5,8-9,13H,3,6-7,10-11H2,1-2H3,(H,20,21). The van der Waals surface area contributed by atoms with Crippen molar-refractivity contribution in [2.45, 2.75) is 50.7 Å². The molecule has 128 valence electrons. The first-order valence-electron chi connectivity index (χ1n) is 8.08. The van der Waals surface area contributed by atoms with E-state index in [1.54, 1.807) is 31.2 Å². The average Bonchev–Trinajstić information content (AvgIpc) is 2.62. The van der Waals surface area contributed by atoms with E-state index in [4.69, 9.17) is 9.47 Å². The zero-order valence-corrected chi connectivity index (χ0v) is 14.0. The first-order valence-corrected chi connectivity index (χ1v) is 8.08. The molecule has 0 radical (unpaired) electrons. The van der Waals surface area contributed by atoms with Gasteiger partial charge in [-0.3, -0.25) is 4.79 Å². The Balaban J connectivity index is 2.07. The highest BCUT2D eigenvalue weighted by Crippen LogP contribution is 2.28. The lowest BCUT2D eigenvalue weighted by atomic mass is 9.83. The fourth-order valence-corrected chi connectivity index (χ4v) is 2.85. The average molecular weight is 330 g/mol. The quantitative estimate of drug-likeness (QED) is 0.838. The lowest BCUT2D eigenvalue weighted by Gasteiger charge is -2.32. The van der Waals surface area contributed by atoms with E-state index in [0.717, 1.165) is 19.3 Å². The van der Waals surface area contributed by atoms with Crippen LogP contribution in [0.15, 0.2) is 24.3 Å². The summed E-state index contributed by atoms with van der Waals surface area (Å²) in [6.45, 7) is 1.59. The number of methoxy groups -OCH3 is 1. The molecule has 0 saturated heterocycles. The van der Waals surface area contributed by atoms with Crippen molar-refractivity contribution in [3.63, 3.8) is 0 Å². The molecular weight excluding hydrogens is 308 g/mol. The molecule has 0 aliphatic heterocycles. The molecule has 0 heterocycles. The summed E-state index contributed by atoms with van der Waals surface area (Å²) in [7, 11) is 1.29. The monoisotopic (exact) mass is 330 g/mol. The van der Waals surface area contributed by atoms with Crippen LogP contribution in [0, 0.1) is 11.3 Å². The van der Waals surface area contributed by atoms with E-state index in [2.05, 4.69) is 11.4 Å². The van der Waals surface area contributed by atoms with Crippen molar-refractivity contribution < 1.29 is 19.1 Å². The highest BCUT2D eigenvalue weighted by molar-refractivity contribution is 5.92. The predicted octanol–water partition coefficient (Wildman–Crippen LogP) is 2.58. The highest BCUT2D eigenvalue weighted by atomic mass is 16.5. The molecule has 6 nitrogen and oxygen atoms in total. The Labute approximate surface area is 141 Å². The molecule has 1 aliphatic carbocycles. The Hall–Kier alpha value is -2.55. The van der Waals surface area contributed by atoms with Crippen molar-refractivity contribution in [3.8, 4) is 11.8 Å². The van der Waals surface area contributed by atoms with Gasteiger partial charge in [-0.1, -0.05) is 31.4 Å². The summed E-state index contributed by atoms with van der Waals surface area (Å²) < 4.78 is 10.4. The fourth-order valence-electron chi connectivity index (χ4n) is 2.85. The summed E-state index contributed by atoms with van der Waals surface area (Å²) in [5.74, 6) is -0.612. The van der Waals surface area contributed by atoms with Crippen molar-refractivity contribution in [1.29, 1.82) is 5.26 Å². The minimum absolute atomic E-state index is 0.257. The molecular formula is C18H22N2O4. The molecule has 1 N–H and O–H groups in total. The molecule has 1 amide bonds. The minimum atomic E-state index is -0.831. The Morgan fingerprint density at radius 3 is 2.54 bits per heavy atom. The molecule has 0 bridgehead atoms. The zero-order valence-electron chi connectivity index (χ0n) is 14.0. The van der Waals surface area contributed by atoms with Gasteiger partial charge in [-0.05, 0) is 31.9 Å². The Bertz CT molecular complexity index is 645. The van der Waals surface area contributed by atoms with Gasteiger partial charge in [0.2, 0.25) is 0 Å². The van der Waals surface area contributed by atoms with Crippen molar-refractivity contribution >= 4 is 11.9 Å². The molecule has 1 saturated carbocycles. The Morgan fingerprint density at radius 1 is 1.25 bits per heavy atom. The summed E-state index contributed by atoms with van der Waals surface area (Å²) in [6, 6.07) is 8.83. The van der Waals surface area contributed by atoms with Gasteiger partial charge in [0.25, 0.3) is 5.91 Å². The molecule has 6 heteroatoms. The van der Waals surface area contributed by atoms with Gasteiger partial charge in [0.15, 0.2) is 6.10 Å². The molecule has 1 aromatic carbocycles. The van der Waals surface area contributed by atoms with Gasteiger partial charge in [0.1, 0.15) is 16.9 Å². The smallest absolute Gasteiger partial charge is 0.341 e. The fraction of sp³-hybridized carbons (Fsp3) is 0.500. The summed E-state index contributed by atoms with van der Waals surface area (Å²) in [4.78, 5) is 24.2. The highest BCUT2D eigenvalue weighted by Gasteiger charge is 2.35. The van der Waals surface area contributed by atoms with Crippen LogP contribution in [-0.4, -0.2) is 30.6 Å². The topological polar surface area (TPSA) is 88.4 Å².